The zero-order chi connectivity index (χ0) is 14.8. The summed E-state index contributed by atoms with van der Waals surface area (Å²) in [6.07, 6.45) is 9.74. The summed E-state index contributed by atoms with van der Waals surface area (Å²) in [6.45, 7) is 2.08. The molecule has 6 nitrogen and oxygen atoms in total. The quantitative estimate of drug-likeness (QED) is 0.771. The molecule has 0 bridgehead atoms. The fourth-order valence-corrected chi connectivity index (χ4v) is 2.87. The summed E-state index contributed by atoms with van der Waals surface area (Å²) in [7, 11) is 0. The molecule has 1 aliphatic heterocycles. The minimum Gasteiger partial charge on any atom is -0.365 e. The fourth-order valence-electron chi connectivity index (χ4n) is 2.87. The highest BCUT2D eigenvalue weighted by Gasteiger charge is 2.14. The lowest BCUT2D eigenvalue weighted by atomic mass is 10.1. The molecule has 0 unspecified atom stereocenters. The monoisotopic (exact) mass is 330 g/mol. The molecule has 0 spiro atoms. The van der Waals surface area contributed by atoms with Gasteiger partial charge >= 0.3 is 0 Å². The lowest BCUT2D eigenvalue weighted by Crippen LogP contribution is -2.38. The van der Waals surface area contributed by atoms with Gasteiger partial charge in [0, 0.05) is 18.8 Å². The highest BCUT2D eigenvalue weighted by Crippen LogP contribution is 2.20. The third-order valence-electron chi connectivity index (χ3n) is 3.96. The van der Waals surface area contributed by atoms with Gasteiger partial charge in [0.15, 0.2) is 0 Å². The number of rotatable bonds is 3. The lowest BCUT2D eigenvalue weighted by molar-refractivity contribution is 0.479. The maximum atomic E-state index is 4.70. The third-order valence-corrected chi connectivity index (χ3v) is 3.96. The van der Waals surface area contributed by atoms with Crippen molar-refractivity contribution in [1.29, 1.82) is 0 Å². The summed E-state index contributed by atoms with van der Waals surface area (Å²) in [5, 5.41) is 6.86. The topological polar surface area (TPSA) is 67.1 Å². The number of hydrogen-bond acceptors (Lipinski definition) is 5. The van der Waals surface area contributed by atoms with E-state index >= 15 is 0 Å². The van der Waals surface area contributed by atoms with Crippen LogP contribution < -0.4 is 10.6 Å². The van der Waals surface area contributed by atoms with Crippen LogP contribution in [-0.4, -0.2) is 38.5 Å². The van der Waals surface area contributed by atoms with Crippen LogP contribution in [0.25, 0.3) is 17.0 Å². The molecule has 4 rings (SSSR count). The summed E-state index contributed by atoms with van der Waals surface area (Å²) in [6, 6.07) is 6.36. The first-order valence-corrected chi connectivity index (χ1v) is 7.62. The molecule has 0 saturated carbocycles. The van der Waals surface area contributed by atoms with Crippen molar-refractivity contribution in [3.05, 3.63) is 43.0 Å². The SMILES string of the molecule is Cl.c1ccn2c(-c3cncc(N[C@@H]4CCCNC4)n3)cnc2c1. The third kappa shape index (κ3) is 3.28. The van der Waals surface area contributed by atoms with Gasteiger partial charge in [-0.3, -0.25) is 9.38 Å². The number of piperidine rings is 1. The minimum atomic E-state index is 0. The summed E-state index contributed by atoms with van der Waals surface area (Å²) >= 11 is 0. The van der Waals surface area contributed by atoms with E-state index in [9.17, 15) is 0 Å². The van der Waals surface area contributed by atoms with Crippen molar-refractivity contribution in [1.82, 2.24) is 24.7 Å². The van der Waals surface area contributed by atoms with Gasteiger partial charge in [0.1, 0.15) is 17.2 Å². The van der Waals surface area contributed by atoms with E-state index in [1.165, 1.54) is 6.42 Å². The molecule has 23 heavy (non-hydrogen) atoms. The minimum absolute atomic E-state index is 0. The standard InChI is InChI=1S/C16H18N6.ClH/c1-2-7-22-14(10-19-16(22)5-1)13-9-18-11-15(21-13)20-12-4-3-6-17-8-12;/h1-2,5,7,9-12,17H,3-4,6,8H2,(H,20,21);1H/t12-;/m1./s1. The molecule has 3 aromatic heterocycles. The number of hydrogen-bond donors (Lipinski definition) is 2. The summed E-state index contributed by atoms with van der Waals surface area (Å²) in [5.41, 5.74) is 2.69. The van der Waals surface area contributed by atoms with Crippen molar-refractivity contribution in [2.75, 3.05) is 18.4 Å². The average Bonchev–Trinajstić information content (AvgIpc) is 3.00. The van der Waals surface area contributed by atoms with Gasteiger partial charge in [0.25, 0.3) is 0 Å². The molecule has 0 amide bonds. The predicted octanol–water partition coefficient (Wildman–Crippen LogP) is 2.38. The Balaban J connectivity index is 0.00000156. The van der Waals surface area contributed by atoms with Crippen LogP contribution in [0.3, 0.4) is 0 Å². The second-order valence-corrected chi connectivity index (χ2v) is 5.55. The number of imidazole rings is 1. The number of aromatic nitrogens is 4. The van der Waals surface area contributed by atoms with Gasteiger partial charge < -0.3 is 10.6 Å². The lowest BCUT2D eigenvalue weighted by Gasteiger charge is -2.24. The second kappa shape index (κ2) is 6.93. The summed E-state index contributed by atoms with van der Waals surface area (Å²) in [4.78, 5) is 13.4. The Morgan fingerprint density at radius 3 is 3.04 bits per heavy atom. The molecule has 3 aromatic rings. The first-order chi connectivity index (χ1) is 10.9. The number of fused-ring (bicyclic) bond motifs is 1. The van der Waals surface area contributed by atoms with Gasteiger partial charge in [-0.1, -0.05) is 6.07 Å². The van der Waals surface area contributed by atoms with Gasteiger partial charge in [-0.25, -0.2) is 9.97 Å². The van der Waals surface area contributed by atoms with Crippen LogP contribution in [0.15, 0.2) is 43.0 Å². The Hall–Kier alpha value is -2.18. The molecule has 1 aliphatic rings. The van der Waals surface area contributed by atoms with Crippen LogP contribution in [0.1, 0.15) is 12.8 Å². The van der Waals surface area contributed by atoms with Gasteiger partial charge in [-0.05, 0) is 31.5 Å². The maximum absolute atomic E-state index is 4.70. The average molecular weight is 331 g/mol. The van der Waals surface area contributed by atoms with E-state index in [0.717, 1.165) is 42.4 Å². The number of anilines is 1. The normalized spacial score (nSPS) is 17.7. The Labute approximate surface area is 140 Å². The maximum Gasteiger partial charge on any atom is 0.145 e. The first-order valence-electron chi connectivity index (χ1n) is 7.62. The second-order valence-electron chi connectivity index (χ2n) is 5.55. The van der Waals surface area contributed by atoms with Crippen molar-refractivity contribution < 1.29 is 0 Å². The van der Waals surface area contributed by atoms with Gasteiger partial charge in [-0.15, -0.1) is 12.4 Å². The predicted molar refractivity (Wildman–Crippen MR) is 93.0 cm³/mol. The van der Waals surface area contributed by atoms with Crippen LogP contribution in [0, 0.1) is 0 Å². The number of nitrogens with zero attached hydrogens (tertiary/aromatic N) is 4. The van der Waals surface area contributed by atoms with Crippen LogP contribution in [0.5, 0.6) is 0 Å². The highest BCUT2D eigenvalue weighted by atomic mass is 35.5. The zero-order valence-electron chi connectivity index (χ0n) is 12.6. The summed E-state index contributed by atoms with van der Waals surface area (Å²) < 4.78 is 2.02. The van der Waals surface area contributed by atoms with Crippen molar-refractivity contribution in [3.63, 3.8) is 0 Å². The van der Waals surface area contributed by atoms with Crippen LogP contribution in [0.2, 0.25) is 0 Å². The molecule has 2 N–H and O–H groups in total. The molecule has 0 aliphatic carbocycles. The van der Waals surface area contributed by atoms with E-state index in [1.54, 1.807) is 12.4 Å². The molecule has 7 heteroatoms. The van der Waals surface area contributed by atoms with Gasteiger partial charge in [0.05, 0.1) is 24.3 Å². The van der Waals surface area contributed by atoms with E-state index in [1.807, 2.05) is 35.0 Å². The smallest absolute Gasteiger partial charge is 0.145 e. The number of nitrogens with one attached hydrogen (secondary N) is 2. The molecule has 1 saturated heterocycles. The number of halogens is 1. The van der Waals surface area contributed by atoms with Crippen LogP contribution >= 0.6 is 12.4 Å². The molecule has 0 aromatic carbocycles. The van der Waals surface area contributed by atoms with Crippen LogP contribution in [0.4, 0.5) is 5.82 Å². The largest absolute Gasteiger partial charge is 0.365 e. The molecular weight excluding hydrogens is 312 g/mol. The molecule has 1 fully saturated rings. The first kappa shape index (κ1) is 15.7. The van der Waals surface area contributed by atoms with Crippen molar-refractivity contribution in [2.45, 2.75) is 18.9 Å². The van der Waals surface area contributed by atoms with Gasteiger partial charge in [-0.2, -0.15) is 0 Å². The molecule has 120 valence electrons. The van der Waals surface area contributed by atoms with Crippen molar-refractivity contribution in [2.24, 2.45) is 0 Å². The van der Waals surface area contributed by atoms with Crippen LogP contribution in [-0.2, 0) is 0 Å². The van der Waals surface area contributed by atoms with E-state index in [0.29, 0.717) is 6.04 Å². The Kier molecular flexibility index (Phi) is 4.73. The van der Waals surface area contributed by atoms with E-state index in [4.69, 9.17) is 4.98 Å². The van der Waals surface area contributed by atoms with E-state index in [-0.39, 0.29) is 12.4 Å². The van der Waals surface area contributed by atoms with E-state index < -0.39 is 0 Å². The molecule has 0 radical (unpaired) electrons. The highest BCUT2D eigenvalue weighted by molar-refractivity contribution is 5.85. The molecular formula is C16H19ClN6. The number of pyridine rings is 1. The Morgan fingerprint density at radius 1 is 1.22 bits per heavy atom. The summed E-state index contributed by atoms with van der Waals surface area (Å²) in [5.74, 6) is 0.817. The van der Waals surface area contributed by atoms with Crippen molar-refractivity contribution in [3.8, 4) is 11.4 Å². The Morgan fingerprint density at radius 2 is 2.17 bits per heavy atom. The Bertz CT molecular complexity index is 781. The fraction of sp³-hybridized carbons (Fsp3) is 0.312. The van der Waals surface area contributed by atoms with Crippen molar-refractivity contribution >= 4 is 23.9 Å². The zero-order valence-corrected chi connectivity index (χ0v) is 13.5. The molecule has 1 atom stereocenters. The van der Waals surface area contributed by atoms with Gasteiger partial charge in [0.2, 0.25) is 0 Å². The van der Waals surface area contributed by atoms with E-state index in [2.05, 4.69) is 20.6 Å². The molecule has 4 heterocycles.